The van der Waals surface area contributed by atoms with Gasteiger partial charge < -0.3 is 4.74 Å². The van der Waals surface area contributed by atoms with Crippen LogP contribution in [0, 0.1) is 6.92 Å². The van der Waals surface area contributed by atoms with Crippen molar-refractivity contribution < 1.29 is 13.2 Å². The summed E-state index contributed by atoms with van der Waals surface area (Å²) in [5.74, 6) is 0.557. The molecule has 1 heterocycles. The van der Waals surface area contributed by atoms with Crippen LogP contribution in [0.2, 0.25) is 0 Å². The van der Waals surface area contributed by atoms with Gasteiger partial charge in [-0.2, -0.15) is 0 Å². The van der Waals surface area contributed by atoms with Gasteiger partial charge in [0, 0.05) is 17.8 Å². The van der Waals surface area contributed by atoms with Crippen molar-refractivity contribution in [1.82, 2.24) is 4.98 Å². The number of methoxy groups -OCH3 is 1. The highest BCUT2D eigenvalue weighted by atomic mass is 32.2. The molecular weight excluding hydrogens is 336 g/mol. The number of aromatic nitrogens is 1. The lowest BCUT2D eigenvalue weighted by atomic mass is 10.1. The molecule has 0 spiro atoms. The normalized spacial score (nSPS) is 11.1. The van der Waals surface area contributed by atoms with Gasteiger partial charge in [0.1, 0.15) is 5.75 Å². The van der Waals surface area contributed by atoms with E-state index in [2.05, 4.69) is 9.71 Å². The number of pyridine rings is 1. The van der Waals surface area contributed by atoms with E-state index in [4.69, 9.17) is 4.74 Å². The van der Waals surface area contributed by atoms with Gasteiger partial charge in [-0.05, 0) is 43.3 Å². The summed E-state index contributed by atoms with van der Waals surface area (Å²) < 4.78 is 33.3. The zero-order chi connectivity index (χ0) is 17.9. The van der Waals surface area contributed by atoms with E-state index in [0.29, 0.717) is 22.7 Å². The summed E-state index contributed by atoms with van der Waals surface area (Å²) in [6.45, 7) is 1.91. The summed E-state index contributed by atoms with van der Waals surface area (Å²) in [5, 5.41) is 0. The summed E-state index contributed by atoms with van der Waals surface area (Å²) in [4.78, 5) is 4.51. The van der Waals surface area contributed by atoms with Crippen LogP contribution in [0.4, 0.5) is 5.69 Å². The predicted octanol–water partition coefficient (Wildman–Crippen LogP) is 3.87. The molecule has 5 nitrogen and oxygen atoms in total. The average Bonchev–Trinajstić information content (AvgIpc) is 2.62. The molecule has 0 aliphatic carbocycles. The quantitative estimate of drug-likeness (QED) is 0.755. The Hall–Kier alpha value is -2.86. The number of hydrogen-bond acceptors (Lipinski definition) is 4. The molecule has 2 aromatic carbocycles. The minimum absolute atomic E-state index is 0.202. The van der Waals surface area contributed by atoms with Gasteiger partial charge in [0.2, 0.25) is 0 Å². The van der Waals surface area contributed by atoms with Crippen LogP contribution < -0.4 is 9.46 Å². The van der Waals surface area contributed by atoms with E-state index in [1.807, 2.05) is 25.1 Å². The third kappa shape index (κ3) is 3.80. The Balaban J connectivity index is 2.05. The van der Waals surface area contributed by atoms with Gasteiger partial charge in [-0.3, -0.25) is 9.71 Å². The summed E-state index contributed by atoms with van der Waals surface area (Å²) in [6.07, 6.45) is 1.66. The molecule has 6 heteroatoms. The van der Waals surface area contributed by atoms with E-state index in [-0.39, 0.29) is 4.90 Å². The van der Waals surface area contributed by atoms with Crippen molar-refractivity contribution in [3.05, 3.63) is 72.4 Å². The Kier molecular flexibility index (Phi) is 4.72. The Morgan fingerprint density at radius 1 is 1.00 bits per heavy atom. The van der Waals surface area contributed by atoms with E-state index in [0.717, 1.165) is 5.56 Å². The molecule has 0 saturated carbocycles. The van der Waals surface area contributed by atoms with Crippen LogP contribution in [0.5, 0.6) is 5.75 Å². The van der Waals surface area contributed by atoms with Crippen molar-refractivity contribution in [3.63, 3.8) is 0 Å². The molecule has 1 aromatic heterocycles. The fourth-order valence-corrected chi connectivity index (χ4v) is 3.47. The maximum absolute atomic E-state index is 12.7. The van der Waals surface area contributed by atoms with Crippen LogP contribution >= 0.6 is 0 Å². The van der Waals surface area contributed by atoms with Crippen molar-refractivity contribution in [2.24, 2.45) is 0 Å². The standard InChI is InChI=1S/C19H18N2O3S/c1-14-6-9-16(10-7-14)25(22,23)21-19-13-15(24-2)8-11-17(19)18-5-3-4-12-20-18/h3-13,21H,1-2H3. The molecule has 128 valence electrons. The summed E-state index contributed by atoms with van der Waals surface area (Å²) in [6, 6.07) is 17.4. The van der Waals surface area contributed by atoms with Gasteiger partial charge in [0.15, 0.2) is 0 Å². The lowest BCUT2D eigenvalue weighted by Crippen LogP contribution is -2.13. The molecule has 0 aliphatic heterocycles. The van der Waals surface area contributed by atoms with Crippen LogP contribution in [0.3, 0.4) is 0 Å². The minimum atomic E-state index is -3.72. The second-order valence-electron chi connectivity index (χ2n) is 5.55. The molecule has 0 unspecified atom stereocenters. The van der Waals surface area contributed by atoms with Crippen molar-refractivity contribution >= 4 is 15.7 Å². The number of sulfonamides is 1. The van der Waals surface area contributed by atoms with Crippen molar-refractivity contribution in [2.45, 2.75) is 11.8 Å². The molecule has 0 atom stereocenters. The maximum Gasteiger partial charge on any atom is 0.261 e. The van der Waals surface area contributed by atoms with Gasteiger partial charge in [-0.15, -0.1) is 0 Å². The maximum atomic E-state index is 12.7. The van der Waals surface area contributed by atoms with Gasteiger partial charge in [0.05, 0.1) is 23.4 Å². The molecular formula is C19H18N2O3S. The topological polar surface area (TPSA) is 68.3 Å². The van der Waals surface area contributed by atoms with Crippen LogP contribution in [-0.2, 0) is 10.0 Å². The molecule has 3 aromatic rings. The molecule has 3 rings (SSSR count). The Labute approximate surface area is 147 Å². The number of aryl methyl sites for hydroxylation is 1. The summed E-state index contributed by atoms with van der Waals surface area (Å²) >= 11 is 0. The van der Waals surface area contributed by atoms with Crippen LogP contribution in [-0.4, -0.2) is 20.5 Å². The molecule has 25 heavy (non-hydrogen) atoms. The van der Waals surface area contributed by atoms with Crippen LogP contribution in [0.15, 0.2) is 71.8 Å². The number of rotatable bonds is 5. The van der Waals surface area contributed by atoms with Crippen molar-refractivity contribution in [3.8, 4) is 17.0 Å². The van der Waals surface area contributed by atoms with E-state index in [9.17, 15) is 8.42 Å². The molecule has 0 radical (unpaired) electrons. The fourth-order valence-electron chi connectivity index (χ4n) is 2.40. The molecule has 0 aliphatic rings. The minimum Gasteiger partial charge on any atom is -0.497 e. The first-order valence-corrected chi connectivity index (χ1v) is 9.17. The molecule has 0 amide bonds. The van der Waals surface area contributed by atoms with Crippen LogP contribution in [0.1, 0.15) is 5.56 Å². The van der Waals surface area contributed by atoms with E-state index in [1.54, 1.807) is 48.7 Å². The monoisotopic (exact) mass is 354 g/mol. The first kappa shape index (κ1) is 17.0. The number of nitrogens with zero attached hydrogens (tertiary/aromatic N) is 1. The third-order valence-corrected chi connectivity index (χ3v) is 5.12. The van der Waals surface area contributed by atoms with E-state index >= 15 is 0 Å². The van der Waals surface area contributed by atoms with Gasteiger partial charge in [-0.1, -0.05) is 23.8 Å². The second kappa shape index (κ2) is 6.94. The summed E-state index contributed by atoms with van der Waals surface area (Å²) in [5.41, 5.74) is 2.76. The molecule has 0 fully saturated rings. The van der Waals surface area contributed by atoms with Crippen LogP contribution in [0.25, 0.3) is 11.3 Å². The first-order valence-electron chi connectivity index (χ1n) is 7.68. The SMILES string of the molecule is COc1ccc(-c2ccccn2)c(NS(=O)(=O)c2ccc(C)cc2)c1. The number of anilines is 1. The fraction of sp³-hybridized carbons (Fsp3) is 0.105. The lowest BCUT2D eigenvalue weighted by Gasteiger charge is -2.14. The Bertz CT molecular complexity index is 969. The highest BCUT2D eigenvalue weighted by molar-refractivity contribution is 7.92. The molecule has 1 N–H and O–H groups in total. The smallest absolute Gasteiger partial charge is 0.261 e. The zero-order valence-corrected chi connectivity index (χ0v) is 14.7. The van der Waals surface area contributed by atoms with Gasteiger partial charge >= 0.3 is 0 Å². The van der Waals surface area contributed by atoms with Crippen molar-refractivity contribution in [1.29, 1.82) is 0 Å². The highest BCUT2D eigenvalue weighted by Gasteiger charge is 2.17. The van der Waals surface area contributed by atoms with E-state index < -0.39 is 10.0 Å². The largest absolute Gasteiger partial charge is 0.497 e. The lowest BCUT2D eigenvalue weighted by molar-refractivity contribution is 0.415. The number of nitrogens with one attached hydrogen (secondary N) is 1. The summed E-state index contributed by atoms with van der Waals surface area (Å²) in [7, 11) is -2.18. The highest BCUT2D eigenvalue weighted by Crippen LogP contribution is 2.32. The Morgan fingerprint density at radius 2 is 1.76 bits per heavy atom. The van der Waals surface area contributed by atoms with E-state index in [1.165, 1.54) is 7.11 Å². The van der Waals surface area contributed by atoms with Crippen molar-refractivity contribution in [2.75, 3.05) is 11.8 Å². The predicted molar refractivity (Wildman–Crippen MR) is 98.2 cm³/mol. The second-order valence-corrected chi connectivity index (χ2v) is 7.23. The zero-order valence-electron chi connectivity index (χ0n) is 13.9. The molecule has 0 saturated heterocycles. The van der Waals surface area contributed by atoms with Gasteiger partial charge in [-0.25, -0.2) is 8.42 Å². The van der Waals surface area contributed by atoms with Gasteiger partial charge in [0.25, 0.3) is 10.0 Å². The Morgan fingerprint density at radius 3 is 2.40 bits per heavy atom. The third-order valence-electron chi connectivity index (χ3n) is 3.74. The average molecular weight is 354 g/mol. The molecule has 0 bridgehead atoms. The first-order chi connectivity index (χ1) is 12.0. The number of benzene rings is 2. The number of ether oxygens (including phenoxy) is 1. The number of hydrogen-bond donors (Lipinski definition) is 1.